The van der Waals surface area contributed by atoms with Gasteiger partial charge in [-0.15, -0.1) is 0 Å². The van der Waals surface area contributed by atoms with E-state index in [0.29, 0.717) is 17.7 Å². The fraction of sp³-hybridized carbons (Fsp3) is 0.348. The van der Waals surface area contributed by atoms with Gasteiger partial charge in [-0.05, 0) is 30.9 Å². The molecule has 1 fully saturated rings. The van der Waals surface area contributed by atoms with Crippen LogP contribution >= 0.6 is 0 Å². The summed E-state index contributed by atoms with van der Waals surface area (Å²) in [6, 6.07) is 13.6. The van der Waals surface area contributed by atoms with Crippen molar-refractivity contribution in [1.29, 1.82) is 0 Å². The number of carbonyl (C=O) groups excluding carboxylic acids is 1. The Bertz CT molecular complexity index is 1020. The fourth-order valence-electron chi connectivity index (χ4n) is 3.69. The van der Waals surface area contributed by atoms with Gasteiger partial charge in [0, 0.05) is 51.6 Å². The molecular weight excluding hydrogens is 390 g/mol. The molecule has 8 heteroatoms. The molecular formula is C23H27N7O. The summed E-state index contributed by atoms with van der Waals surface area (Å²) in [6.07, 6.45) is 5.50. The maximum Gasteiger partial charge on any atom is 0.224 e. The summed E-state index contributed by atoms with van der Waals surface area (Å²) in [4.78, 5) is 33.4. The van der Waals surface area contributed by atoms with Gasteiger partial charge in [-0.3, -0.25) is 4.79 Å². The van der Waals surface area contributed by atoms with Crippen LogP contribution in [0.5, 0.6) is 0 Å². The van der Waals surface area contributed by atoms with Gasteiger partial charge in [0.1, 0.15) is 11.6 Å². The van der Waals surface area contributed by atoms with Gasteiger partial charge >= 0.3 is 0 Å². The molecule has 3 heterocycles. The number of nitrogens with one attached hydrogen (secondary N) is 1. The van der Waals surface area contributed by atoms with Crippen LogP contribution in [0.2, 0.25) is 0 Å². The number of amides is 1. The van der Waals surface area contributed by atoms with Gasteiger partial charge in [-0.2, -0.15) is 4.98 Å². The number of benzene rings is 1. The van der Waals surface area contributed by atoms with E-state index in [1.807, 2.05) is 59.3 Å². The van der Waals surface area contributed by atoms with Crippen LogP contribution in [0, 0.1) is 5.92 Å². The Morgan fingerprint density at radius 1 is 1.03 bits per heavy atom. The maximum atomic E-state index is 11.5. The Kier molecular flexibility index (Phi) is 6.35. The van der Waals surface area contributed by atoms with Gasteiger partial charge in [0.2, 0.25) is 11.9 Å². The van der Waals surface area contributed by atoms with Gasteiger partial charge in [0.15, 0.2) is 5.82 Å². The Labute approximate surface area is 182 Å². The topological polar surface area (TPSA) is 87.1 Å². The first-order chi connectivity index (χ1) is 15.1. The second-order valence-corrected chi connectivity index (χ2v) is 7.73. The molecule has 1 aliphatic heterocycles. The van der Waals surface area contributed by atoms with E-state index in [4.69, 9.17) is 4.98 Å². The molecule has 31 heavy (non-hydrogen) atoms. The number of nitrogens with zero attached hydrogens (tertiary/aromatic N) is 6. The molecule has 0 spiro atoms. The van der Waals surface area contributed by atoms with E-state index in [9.17, 15) is 4.79 Å². The molecule has 160 valence electrons. The molecule has 8 nitrogen and oxygen atoms in total. The van der Waals surface area contributed by atoms with Crippen molar-refractivity contribution in [2.45, 2.75) is 19.8 Å². The summed E-state index contributed by atoms with van der Waals surface area (Å²) >= 11 is 0. The number of carbonyl (C=O) groups is 1. The van der Waals surface area contributed by atoms with E-state index >= 15 is 0 Å². The third-order valence-corrected chi connectivity index (χ3v) is 5.61. The van der Waals surface area contributed by atoms with Crippen molar-refractivity contribution in [3.63, 3.8) is 0 Å². The third kappa shape index (κ3) is 5.14. The largest absolute Gasteiger partial charge is 0.354 e. The Morgan fingerprint density at radius 2 is 1.71 bits per heavy atom. The van der Waals surface area contributed by atoms with Crippen LogP contribution in [0.25, 0.3) is 11.4 Å². The molecule has 0 radical (unpaired) electrons. The first-order valence-corrected chi connectivity index (χ1v) is 10.5. The Morgan fingerprint density at radius 3 is 2.42 bits per heavy atom. The molecule has 1 amide bonds. The van der Waals surface area contributed by atoms with E-state index in [1.165, 1.54) is 0 Å². The second-order valence-electron chi connectivity index (χ2n) is 7.73. The lowest BCUT2D eigenvalue weighted by Gasteiger charge is -2.31. The number of rotatable bonds is 6. The number of aromatic nitrogens is 4. The summed E-state index contributed by atoms with van der Waals surface area (Å²) in [7, 11) is 1.93. The third-order valence-electron chi connectivity index (χ3n) is 5.61. The van der Waals surface area contributed by atoms with Crippen molar-refractivity contribution in [2.75, 3.05) is 36.9 Å². The van der Waals surface area contributed by atoms with E-state index < -0.39 is 0 Å². The normalized spacial score (nSPS) is 14.3. The summed E-state index contributed by atoms with van der Waals surface area (Å²) in [5.74, 6) is 3.45. The van der Waals surface area contributed by atoms with Crippen LogP contribution < -0.4 is 10.2 Å². The summed E-state index contributed by atoms with van der Waals surface area (Å²) in [6.45, 7) is 4.07. The van der Waals surface area contributed by atoms with Crippen molar-refractivity contribution in [2.24, 2.45) is 5.92 Å². The summed E-state index contributed by atoms with van der Waals surface area (Å²) < 4.78 is 0. The summed E-state index contributed by atoms with van der Waals surface area (Å²) in [5, 5.41) is 3.36. The zero-order valence-electron chi connectivity index (χ0n) is 17.9. The number of likely N-dealkylation sites (tertiary alicyclic amines) is 1. The van der Waals surface area contributed by atoms with Gasteiger partial charge in [0.05, 0.1) is 0 Å². The SMILES string of the molecule is CC(=O)N1CCC(CNc2nccc(N(C)c3ccnc(-c4ccccc4)n3)n2)CC1. The lowest BCUT2D eigenvalue weighted by atomic mass is 9.97. The van der Waals surface area contributed by atoms with Gasteiger partial charge in [-0.25, -0.2) is 15.0 Å². The monoisotopic (exact) mass is 417 g/mol. The lowest BCUT2D eigenvalue weighted by Crippen LogP contribution is -2.38. The minimum Gasteiger partial charge on any atom is -0.354 e. The highest BCUT2D eigenvalue weighted by atomic mass is 16.2. The minimum absolute atomic E-state index is 0.158. The van der Waals surface area contributed by atoms with Crippen molar-refractivity contribution in [3.05, 3.63) is 54.9 Å². The smallest absolute Gasteiger partial charge is 0.224 e. The average molecular weight is 418 g/mol. The van der Waals surface area contributed by atoms with Crippen LogP contribution in [-0.4, -0.2) is 57.4 Å². The lowest BCUT2D eigenvalue weighted by molar-refractivity contribution is -0.130. The van der Waals surface area contributed by atoms with E-state index in [1.54, 1.807) is 19.3 Å². The molecule has 0 saturated carbocycles. The average Bonchev–Trinajstić information content (AvgIpc) is 2.83. The van der Waals surface area contributed by atoms with Crippen molar-refractivity contribution >= 4 is 23.5 Å². The zero-order valence-corrected chi connectivity index (χ0v) is 17.9. The molecule has 1 aliphatic rings. The Balaban J connectivity index is 1.41. The highest BCUT2D eigenvalue weighted by Gasteiger charge is 2.20. The highest BCUT2D eigenvalue weighted by molar-refractivity contribution is 5.73. The molecule has 1 aromatic carbocycles. The van der Waals surface area contributed by atoms with Crippen LogP contribution in [0.4, 0.5) is 17.6 Å². The van der Waals surface area contributed by atoms with Gasteiger partial charge in [0.25, 0.3) is 0 Å². The fourth-order valence-corrected chi connectivity index (χ4v) is 3.69. The molecule has 0 unspecified atom stereocenters. The molecule has 0 aliphatic carbocycles. The van der Waals surface area contributed by atoms with Crippen LogP contribution in [-0.2, 0) is 4.79 Å². The van der Waals surface area contributed by atoms with E-state index in [2.05, 4.69) is 20.3 Å². The maximum absolute atomic E-state index is 11.5. The molecule has 3 aromatic rings. The predicted molar refractivity (Wildman–Crippen MR) is 121 cm³/mol. The quantitative estimate of drug-likeness (QED) is 0.658. The van der Waals surface area contributed by atoms with Crippen LogP contribution in [0.15, 0.2) is 54.9 Å². The molecule has 2 aromatic heterocycles. The number of piperidine rings is 1. The summed E-state index contributed by atoms with van der Waals surface area (Å²) in [5.41, 5.74) is 0.971. The predicted octanol–water partition coefficient (Wildman–Crippen LogP) is 3.37. The molecule has 4 rings (SSSR count). The number of anilines is 3. The van der Waals surface area contributed by atoms with Crippen LogP contribution in [0.1, 0.15) is 19.8 Å². The zero-order chi connectivity index (χ0) is 21.6. The van der Waals surface area contributed by atoms with E-state index in [0.717, 1.165) is 49.7 Å². The number of hydrogen-bond donors (Lipinski definition) is 1. The Hall–Kier alpha value is -3.55. The first kappa shape index (κ1) is 20.7. The van der Waals surface area contributed by atoms with E-state index in [-0.39, 0.29) is 5.91 Å². The van der Waals surface area contributed by atoms with Gasteiger partial charge < -0.3 is 15.1 Å². The van der Waals surface area contributed by atoms with Crippen LogP contribution in [0.3, 0.4) is 0 Å². The molecule has 1 saturated heterocycles. The first-order valence-electron chi connectivity index (χ1n) is 10.5. The second kappa shape index (κ2) is 9.51. The molecule has 0 bridgehead atoms. The number of hydrogen-bond acceptors (Lipinski definition) is 7. The van der Waals surface area contributed by atoms with Crippen molar-refractivity contribution < 1.29 is 4.79 Å². The standard InChI is InChI=1S/C23H27N7O/c1-17(31)30-14-10-18(11-15-30)16-26-23-25-13-9-21(28-23)29(2)20-8-12-24-22(27-20)19-6-4-3-5-7-19/h3-9,12-13,18H,10-11,14-16H2,1-2H3,(H,25,26,28). The van der Waals surface area contributed by atoms with Gasteiger partial charge in [-0.1, -0.05) is 30.3 Å². The molecule has 1 N–H and O–H groups in total. The van der Waals surface area contributed by atoms with Crippen molar-refractivity contribution in [3.8, 4) is 11.4 Å². The minimum atomic E-state index is 0.158. The van der Waals surface area contributed by atoms with Crippen molar-refractivity contribution in [1.82, 2.24) is 24.8 Å². The molecule has 0 atom stereocenters. The highest BCUT2D eigenvalue weighted by Crippen LogP contribution is 2.23.